The molecule has 0 aromatic carbocycles. The molecular weight excluding hydrogens is 291 g/mol. The Hall–Kier alpha value is -1.08. The first-order chi connectivity index (χ1) is 9.46. The maximum absolute atomic E-state index is 12.7. The van der Waals surface area contributed by atoms with Gasteiger partial charge in [-0.15, -0.1) is 11.3 Å². The summed E-state index contributed by atoms with van der Waals surface area (Å²) in [4.78, 5) is 13.9. The Kier molecular flexibility index (Phi) is 5.04. The fourth-order valence-corrected chi connectivity index (χ4v) is 2.94. The van der Waals surface area contributed by atoms with Crippen LogP contribution in [0.2, 0.25) is 0 Å². The smallest absolute Gasteiger partial charge is 0.379 e. The SMILES string of the molecule is O=C(Cc1cccs1)N(CC(F)(F)F)[C@H]1CCCOC1. The number of carbonyl (C=O) groups excluding carboxylic acids is 1. The zero-order valence-corrected chi connectivity index (χ0v) is 11.7. The molecule has 0 spiro atoms. The summed E-state index contributed by atoms with van der Waals surface area (Å²) in [5, 5.41) is 1.81. The van der Waals surface area contributed by atoms with Crippen molar-refractivity contribution in [2.45, 2.75) is 31.5 Å². The number of hydrogen-bond acceptors (Lipinski definition) is 3. The van der Waals surface area contributed by atoms with E-state index in [-0.39, 0.29) is 13.0 Å². The highest BCUT2D eigenvalue weighted by Crippen LogP contribution is 2.23. The normalized spacial score (nSPS) is 19.9. The molecule has 7 heteroatoms. The number of nitrogens with zero attached hydrogens (tertiary/aromatic N) is 1. The van der Waals surface area contributed by atoms with Crippen molar-refractivity contribution in [1.29, 1.82) is 0 Å². The average Bonchev–Trinajstić information content (AvgIpc) is 2.89. The molecule has 112 valence electrons. The van der Waals surface area contributed by atoms with Crippen molar-refractivity contribution in [3.05, 3.63) is 22.4 Å². The molecule has 0 unspecified atom stereocenters. The van der Waals surface area contributed by atoms with E-state index in [9.17, 15) is 18.0 Å². The maximum Gasteiger partial charge on any atom is 0.406 e. The van der Waals surface area contributed by atoms with Crippen LogP contribution in [-0.4, -0.2) is 42.8 Å². The van der Waals surface area contributed by atoms with Crippen LogP contribution in [0.4, 0.5) is 13.2 Å². The predicted octanol–water partition coefficient (Wildman–Crippen LogP) is 2.86. The Balaban J connectivity index is 2.06. The molecular formula is C13H16F3NO2S. The van der Waals surface area contributed by atoms with Gasteiger partial charge < -0.3 is 9.64 Å². The molecule has 0 aliphatic carbocycles. The van der Waals surface area contributed by atoms with Gasteiger partial charge in [0, 0.05) is 11.5 Å². The standard InChI is InChI=1S/C13H16F3NO2S/c14-13(15,16)9-17(10-3-1-5-19-8-10)12(18)7-11-4-2-6-20-11/h2,4,6,10H,1,3,5,7-9H2/t10-/m0/s1. The highest BCUT2D eigenvalue weighted by molar-refractivity contribution is 7.10. The van der Waals surface area contributed by atoms with E-state index < -0.39 is 24.7 Å². The van der Waals surface area contributed by atoms with Crippen LogP contribution >= 0.6 is 11.3 Å². The molecule has 1 amide bonds. The van der Waals surface area contributed by atoms with Crippen LogP contribution in [0, 0.1) is 0 Å². The molecule has 1 aromatic rings. The molecule has 1 aliphatic rings. The van der Waals surface area contributed by atoms with E-state index in [0.29, 0.717) is 19.4 Å². The van der Waals surface area contributed by atoms with E-state index in [2.05, 4.69) is 0 Å². The van der Waals surface area contributed by atoms with Crippen LogP contribution in [-0.2, 0) is 16.0 Å². The quantitative estimate of drug-likeness (QED) is 0.856. The summed E-state index contributed by atoms with van der Waals surface area (Å²) in [7, 11) is 0. The third kappa shape index (κ3) is 4.49. The van der Waals surface area contributed by atoms with Gasteiger partial charge in [-0.05, 0) is 24.3 Å². The molecule has 2 rings (SSSR count). The van der Waals surface area contributed by atoms with E-state index in [4.69, 9.17) is 4.74 Å². The van der Waals surface area contributed by atoms with Gasteiger partial charge in [-0.3, -0.25) is 4.79 Å². The van der Waals surface area contributed by atoms with Crippen molar-refractivity contribution in [2.75, 3.05) is 19.8 Å². The number of rotatable bonds is 4. The summed E-state index contributed by atoms with van der Waals surface area (Å²) in [5.74, 6) is -0.486. The van der Waals surface area contributed by atoms with Crippen LogP contribution in [0.5, 0.6) is 0 Å². The number of amides is 1. The summed E-state index contributed by atoms with van der Waals surface area (Å²) in [5.41, 5.74) is 0. The second-order valence-corrected chi connectivity index (χ2v) is 5.80. The lowest BCUT2D eigenvalue weighted by atomic mass is 10.1. The lowest BCUT2D eigenvalue weighted by molar-refractivity contribution is -0.169. The van der Waals surface area contributed by atoms with Crippen molar-refractivity contribution < 1.29 is 22.7 Å². The van der Waals surface area contributed by atoms with E-state index in [0.717, 1.165) is 9.78 Å². The topological polar surface area (TPSA) is 29.5 Å². The zero-order chi connectivity index (χ0) is 14.6. The second-order valence-electron chi connectivity index (χ2n) is 4.76. The zero-order valence-electron chi connectivity index (χ0n) is 10.9. The first-order valence-corrected chi connectivity index (χ1v) is 7.30. The molecule has 0 bridgehead atoms. The van der Waals surface area contributed by atoms with E-state index in [1.807, 2.05) is 0 Å². The molecule has 2 heterocycles. The largest absolute Gasteiger partial charge is 0.406 e. The number of halogens is 3. The number of carbonyl (C=O) groups is 1. The summed E-state index contributed by atoms with van der Waals surface area (Å²) in [6.07, 6.45) is -3.12. The Morgan fingerprint density at radius 2 is 2.30 bits per heavy atom. The first-order valence-electron chi connectivity index (χ1n) is 6.42. The van der Waals surface area contributed by atoms with Gasteiger partial charge in [0.05, 0.1) is 19.1 Å². The lowest BCUT2D eigenvalue weighted by Gasteiger charge is -2.34. The van der Waals surface area contributed by atoms with Crippen molar-refractivity contribution >= 4 is 17.2 Å². The second kappa shape index (κ2) is 6.58. The molecule has 20 heavy (non-hydrogen) atoms. The van der Waals surface area contributed by atoms with E-state index in [1.165, 1.54) is 11.3 Å². The van der Waals surface area contributed by atoms with Crippen molar-refractivity contribution in [1.82, 2.24) is 4.90 Å². The van der Waals surface area contributed by atoms with Gasteiger partial charge in [-0.25, -0.2) is 0 Å². The number of hydrogen-bond donors (Lipinski definition) is 0. The lowest BCUT2D eigenvalue weighted by Crippen LogP contribution is -2.49. The van der Waals surface area contributed by atoms with Crippen LogP contribution in [0.1, 0.15) is 17.7 Å². The summed E-state index contributed by atoms with van der Waals surface area (Å²) < 4.78 is 43.2. The van der Waals surface area contributed by atoms with E-state index in [1.54, 1.807) is 17.5 Å². The molecule has 1 saturated heterocycles. The first kappa shape index (κ1) is 15.3. The summed E-state index contributed by atoms with van der Waals surface area (Å²) in [6, 6.07) is 3.06. The van der Waals surface area contributed by atoms with Crippen molar-refractivity contribution in [2.24, 2.45) is 0 Å². The minimum atomic E-state index is -4.39. The maximum atomic E-state index is 12.7. The highest BCUT2D eigenvalue weighted by atomic mass is 32.1. The third-order valence-electron chi connectivity index (χ3n) is 3.15. The van der Waals surface area contributed by atoms with Crippen molar-refractivity contribution in [3.63, 3.8) is 0 Å². The average molecular weight is 307 g/mol. The van der Waals surface area contributed by atoms with Gasteiger partial charge in [0.15, 0.2) is 0 Å². The minimum Gasteiger partial charge on any atom is -0.379 e. The van der Waals surface area contributed by atoms with Gasteiger partial charge in [0.1, 0.15) is 6.54 Å². The molecule has 1 fully saturated rings. The van der Waals surface area contributed by atoms with Gasteiger partial charge in [0.25, 0.3) is 0 Å². The predicted molar refractivity (Wildman–Crippen MR) is 69.6 cm³/mol. The summed E-state index contributed by atoms with van der Waals surface area (Å²) >= 11 is 1.37. The molecule has 1 aromatic heterocycles. The van der Waals surface area contributed by atoms with Gasteiger partial charge >= 0.3 is 6.18 Å². The monoisotopic (exact) mass is 307 g/mol. The fraction of sp³-hybridized carbons (Fsp3) is 0.615. The fourth-order valence-electron chi connectivity index (χ4n) is 2.25. The van der Waals surface area contributed by atoms with Crippen LogP contribution in [0.3, 0.4) is 0 Å². The van der Waals surface area contributed by atoms with Gasteiger partial charge in [-0.2, -0.15) is 13.2 Å². The molecule has 0 saturated carbocycles. The van der Waals surface area contributed by atoms with Gasteiger partial charge in [-0.1, -0.05) is 6.07 Å². The highest BCUT2D eigenvalue weighted by Gasteiger charge is 2.37. The van der Waals surface area contributed by atoms with Gasteiger partial charge in [0.2, 0.25) is 5.91 Å². The van der Waals surface area contributed by atoms with Crippen LogP contribution in [0.15, 0.2) is 17.5 Å². The Morgan fingerprint density at radius 3 is 2.85 bits per heavy atom. The molecule has 0 radical (unpaired) electrons. The number of thiophene rings is 1. The van der Waals surface area contributed by atoms with Crippen LogP contribution < -0.4 is 0 Å². The molecule has 1 aliphatic heterocycles. The summed E-state index contributed by atoms with van der Waals surface area (Å²) in [6.45, 7) is -0.465. The Bertz CT molecular complexity index is 427. The van der Waals surface area contributed by atoms with Crippen molar-refractivity contribution in [3.8, 4) is 0 Å². The van der Waals surface area contributed by atoms with Crippen LogP contribution in [0.25, 0.3) is 0 Å². The van der Waals surface area contributed by atoms with E-state index >= 15 is 0 Å². The molecule has 1 atom stereocenters. The number of alkyl halides is 3. The Morgan fingerprint density at radius 1 is 1.50 bits per heavy atom. The molecule has 0 N–H and O–H groups in total. The molecule has 3 nitrogen and oxygen atoms in total. The third-order valence-corrected chi connectivity index (χ3v) is 4.03. The minimum absolute atomic E-state index is 0.0181. The Labute approximate surface area is 119 Å². The number of ether oxygens (including phenoxy) is 1.